The molecule has 0 heterocycles. The number of hydrogen-bond acceptors (Lipinski definition) is 2. The van der Waals surface area contributed by atoms with Gasteiger partial charge in [0.2, 0.25) is 0 Å². The Hall–Kier alpha value is -1.23. The van der Waals surface area contributed by atoms with E-state index in [0.717, 1.165) is 30.8 Å². The van der Waals surface area contributed by atoms with Crippen LogP contribution in [0.2, 0.25) is 0 Å². The van der Waals surface area contributed by atoms with Gasteiger partial charge < -0.3 is 10.6 Å². The first-order valence-corrected chi connectivity index (χ1v) is 6.00. The summed E-state index contributed by atoms with van der Waals surface area (Å²) >= 11 is 0. The number of anilines is 1. The van der Waals surface area contributed by atoms with Gasteiger partial charge in [0, 0.05) is 18.3 Å². The first-order chi connectivity index (χ1) is 8.36. The van der Waals surface area contributed by atoms with Crippen molar-refractivity contribution in [1.29, 1.82) is 0 Å². The van der Waals surface area contributed by atoms with Crippen LogP contribution < -0.4 is 10.6 Å². The van der Waals surface area contributed by atoms with Gasteiger partial charge in [-0.2, -0.15) is 13.2 Å². The van der Waals surface area contributed by atoms with E-state index < -0.39 is 11.7 Å². The van der Waals surface area contributed by atoms with Gasteiger partial charge >= 0.3 is 6.18 Å². The van der Waals surface area contributed by atoms with E-state index in [4.69, 9.17) is 5.73 Å². The molecule has 5 heteroatoms. The first kappa shape index (κ1) is 14.8. The van der Waals surface area contributed by atoms with E-state index in [2.05, 4.69) is 0 Å². The highest BCUT2D eigenvalue weighted by Gasteiger charge is 2.30. The highest BCUT2D eigenvalue weighted by Crippen LogP contribution is 2.30. The predicted octanol–water partition coefficient (Wildman–Crippen LogP) is 3.27. The molecule has 0 bridgehead atoms. The monoisotopic (exact) mass is 260 g/mol. The van der Waals surface area contributed by atoms with Crippen LogP contribution in [0.5, 0.6) is 0 Å². The smallest absolute Gasteiger partial charge is 0.369 e. The molecule has 1 rings (SSSR count). The number of rotatable bonds is 5. The SMILES string of the molecule is CC(C)N(CCCN)c1ccc(C(F)(F)F)cc1. The average molecular weight is 260 g/mol. The molecular formula is C13H19F3N2. The highest BCUT2D eigenvalue weighted by molar-refractivity contribution is 5.48. The van der Waals surface area contributed by atoms with Crippen molar-refractivity contribution in [3.8, 4) is 0 Å². The van der Waals surface area contributed by atoms with Crippen LogP contribution in [0.3, 0.4) is 0 Å². The Labute approximate surface area is 106 Å². The summed E-state index contributed by atoms with van der Waals surface area (Å²) in [7, 11) is 0. The summed E-state index contributed by atoms with van der Waals surface area (Å²) in [5, 5.41) is 0. The Bertz CT molecular complexity index is 357. The molecule has 0 fully saturated rings. The maximum absolute atomic E-state index is 12.5. The quantitative estimate of drug-likeness (QED) is 0.880. The maximum atomic E-state index is 12.5. The number of nitrogens with two attached hydrogens (primary N) is 1. The Morgan fingerprint density at radius 3 is 2.11 bits per heavy atom. The maximum Gasteiger partial charge on any atom is 0.416 e. The molecule has 0 unspecified atom stereocenters. The van der Waals surface area contributed by atoms with E-state index in [1.807, 2.05) is 18.7 Å². The van der Waals surface area contributed by atoms with E-state index in [9.17, 15) is 13.2 Å². The van der Waals surface area contributed by atoms with Crippen molar-refractivity contribution < 1.29 is 13.2 Å². The normalized spacial score (nSPS) is 11.9. The van der Waals surface area contributed by atoms with Gasteiger partial charge in [0.25, 0.3) is 0 Å². The lowest BCUT2D eigenvalue weighted by Crippen LogP contribution is -2.32. The molecule has 0 radical (unpaired) electrons. The summed E-state index contributed by atoms with van der Waals surface area (Å²) in [4.78, 5) is 2.05. The molecular weight excluding hydrogens is 241 g/mol. The highest BCUT2D eigenvalue weighted by atomic mass is 19.4. The topological polar surface area (TPSA) is 29.3 Å². The third kappa shape index (κ3) is 3.91. The fourth-order valence-electron chi connectivity index (χ4n) is 1.79. The number of hydrogen-bond donors (Lipinski definition) is 1. The number of halogens is 3. The molecule has 0 aliphatic heterocycles. The fourth-order valence-corrected chi connectivity index (χ4v) is 1.79. The van der Waals surface area contributed by atoms with E-state index in [-0.39, 0.29) is 6.04 Å². The zero-order chi connectivity index (χ0) is 13.8. The molecule has 0 saturated carbocycles. The molecule has 102 valence electrons. The zero-order valence-corrected chi connectivity index (χ0v) is 10.7. The van der Waals surface area contributed by atoms with Crippen LogP contribution in [-0.2, 0) is 6.18 Å². The van der Waals surface area contributed by atoms with Crippen LogP contribution in [0.25, 0.3) is 0 Å². The van der Waals surface area contributed by atoms with Crippen LogP contribution >= 0.6 is 0 Å². The minimum atomic E-state index is -4.28. The molecule has 1 aromatic rings. The molecule has 1 aromatic carbocycles. The number of alkyl halides is 3. The van der Waals surface area contributed by atoms with Gasteiger partial charge in [0.1, 0.15) is 0 Å². The van der Waals surface area contributed by atoms with Crippen molar-refractivity contribution in [3.63, 3.8) is 0 Å². The second kappa shape index (κ2) is 6.09. The van der Waals surface area contributed by atoms with Gasteiger partial charge in [0.15, 0.2) is 0 Å². The summed E-state index contributed by atoms with van der Waals surface area (Å²) in [6.07, 6.45) is -3.46. The molecule has 0 aliphatic rings. The van der Waals surface area contributed by atoms with Crippen LogP contribution in [-0.4, -0.2) is 19.1 Å². The van der Waals surface area contributed by atoms with Crippen LogP contribution in [0.4, 0.5) is 18.9 Å². The van der Waals surface area contributed by atoms with Gasteiger partial charge in [0.05, 0.1) is 5.56 Å². The van der Waals surface area contributed by atoms with Crippen molar-refractivity contribution in [2.24, 2.45) is 5.73 Å². The average Bonchev–Trinajstić information content (AvgIpc) is 2.28. The second-order valence-corrected chi connectivity index (χ2v) is 4.47. The molecule has 0 saturated heterocycles. The Balaban J connectivity index is 2.87. The lowest BCUT2D eigenvalue weighted by atomic mass is 10.1. The van der Waals surface area contributed by atoms with Crippen molar-refractivity contribution >= 4 is 5.69 Å². The van der Waals surface area contributed by atoms with Crippen LogP contribution in [0.1, 0.15) is 25.8 Å². The summed E-state index contributed by atoms with van der Waals surface area (Å²) < 4.78 is 37.4. The second-order valence-electron chi connectivity index (χ2n) is 4.47. The predicted molar refractivity (Wildman–Crippen MR) is 67.6 cm³/mol. The van der Waals surface area contributed by atoms with Crippen LogP contribution in [0.15, 0.2) is 24.3 Å². The van der Waals surface area contributed by atoms with E-state index in [1.165, 1.54) is 12.1 Å². The Kier molecular flexibility index (Phi) is 5.02. The molecule has 0 spiro atoms. The molecule has 0 aromatic heterocycles. The van der Waals surface area contributed by atoms with E-state index in [1.54, 1.807) is 0 Å². The van der Waals surface area contributed by atoms with Crippen molar-refractivity contribution in [3.05, 3.63) is 29.8 Å². The van der Waals surface area contributed by atoms with E-state index in [0.29, 0.717) is 6.54 Å². The van der Waals surface area contributed by atoms with Gasteiger partial charge in [-0.3, -0.25) is 0 Å². The van der Waals surface area contributed by atoms with Gasteiger partial charge in [-0.15, -0.1) is 0 Å². The first-order valence-electron chi connectivity index (χ1n) is 6.00. The summed E-state index contributed by atoms with van der Waals surface area (Å²) in [5.74, 6) is 0. The van der Waals surface area contributed by atoms with Gasteiger partial charge in [-0.05, 0) is 51.1 Å². The minimum absolute atomic E-state index is 0.230. The summed E-state index contributed by atoms with van der Waals surface area (Å²) in [5.41, 5.74) is 5.64. The molecule has 2 N–H and O–H groups in total. The van der Waals surface area contributed by atoms with Crippen molar-refractivity contribution in [2.75, 3.05) is 18.0 Å². The lowest BCUT2D eigenvalue weighted by molar-refractivity contribution is -0.137. The third-order valence-electron chi connectivity index (χ3n) is 2.75. The van der Waals surface area contributed by atoms with Crippen molar-refractivity contribution in [1.82, 2.24) is 0 Å². The third-order valence-corrected chi connectivity index (χ3v) is 2.75. The molecule has 2 nitrogen and oxygen atoms in total. The van der Waals surface area contributed by atoms with E-state index >= 15 is 0 Å². The molecule has 0 aliphatic carbocycles. The van der Waals surface area contributed by atoms with Crippen molar-refractivity contribution in [2.45, 2.75) is 32.5 Å². The lowest BCUT2D eigenvalue weighted by Gasteiger charge is -2.29. The molecule has 18 heavy (non-hydrogen) atoms. The zero-order valence-electron chi connectivity index (χ0n) is 10.7. The Morgan fingerprint density at radius 2 is 1.72 bits per heavy atom. The summed E-state index contributed by atoms with van der Waals surface area (Å²) in [6, 6.07) is 5.49. The molecule has 0 amide bonds. The van der Waals surface area contributed by atoms with Gasteiger partial charge in [-0.25, -0.2) is 0 Å². The minimum Gasteiger partial charge on any atom is -0.369 e. The standard InChI is InChI=1S/C13H19F3N2/c1-10(2)18(9-3-8-17)12-6-4-11(5-7-12)13(14,15)16/h4-7,10H,3,8-9,17H2,1-2H3. The Morgan fingerprint density at radius 1 is 1.17 bits per heavy atom. The van der Waals surface area contributed by atoms with Gasteiger partial charge in [-0.1, -0.05) is 0 Å². The summed E-state index contributed by atoms with van der Waals surface area (Å²) in [6.45, 7) is 5.34. The molecule has 0 atom stereocenters. The fraction of sp³-hybridized carbons (Fsp3) is 0.538. The van der Waals surface area contributed by atoms with Crippen LogP contribution in [0, 0.1) is 0 Å². The largest absolute Gasteiger partial charge is 0.416 e. The number of nitrogens with zero attached hydrogens (tertiary/aromatic N) is 1. The number of benzene rings is 1.